The molecular formula is C12H17NO4S. The maximum Gasteiger partial charge on any atom is 0.155 e. The first-order valence-electron chi connectivity index (χ1n) is 5.88. The average molecular weight is 271 g/mol. The molecule has 6 heteroatoms. The number of benzene rings is 1. The average Bonchev–Trinajstić information content (AvgIpc) is 2.55. The molecular weight excluding hydrogens is 254 g/mol. The lowest BCUT2D eigenvalue weighted by molar-refractivity contribution is 0.190. The van der Waals surface area contributed by atoms with Crippen LogP contribution in [0.2, 0.25) is 0 Å². The van der Waals surface area contributed by atoms with Crippen LogP contribution in [0.5, 0.6) is 5.75 Å². The van der Waals surface area contributed by atoms with Crippen molar-refractivity contribution in [1.82, 2.24) is 0 Å². The topological polar surface area (TPSA) is 75.6 Å². The molecule has 2 rings (SSSR count). The van der Waals surface area contributed by atoms with Crippen LogP contribution in [0.4, 0.5) is 5.69 Å². The van der Waals surface area contributed by atoms with Crippen LogP contribution in [-0.2, 0) is 9.84 Å². The van der Waals surface area contributed by atoms with Crippen LogP contribution in [0.1, 0.15) is 6.92 Å². The Hall–Kier alpha value is -1.27. The summed E-state index contributed by atoms with van der Waals surface area (Å²) in [5.41, 5.74) is 0.777. The van der Waals surface area contributed by atoms with Gasteiger partial charge in [0.25, 0.3) is 0 Å². The molecule has 5 nitrogen and oxygen atoms in total. The van der Waals surface area contributed by atoms with Crippen LogP contribution in [0, 0.1) is 0 Å². The second-order valence-electron chi connectivity index (χ2n) is 4.35. The Balaban J connectivity index is 2.01. The van der Waals surface area contributed by atoms with Gasteiger partial charge >= 0.3 is 0 Å². The zero-order valence-corrected chi connectivity index (χ0v) is 11.0. The van der Waals surface area contributed by atoms with Gasteiger partial charge < -0.3 is 15.2 Å². The molecule has 1 aliphatic heterocycles. The van der Waals surface area contributed by atoms with Gasteiger partial charge in [-0.05, 0) is 31.2 Å². The molecule has 0 spiro atoms. The van der Waals surface area contributed by atoms with E-state index in [2.05, 4.69) is 5.32 Å². The Bertz CT molecular complexity index is 497. The van der Waals surface area contributed by atoms with E-state index in [4.69, 9.17) is 4.74 Å². The van der Waals surface area contributed by atoms with E-state index in [0.717, 1.165) is 11.4 Å². The van der Waals surface area contributed by atoms with E-state index in [-0.39, 0.29) is 11.5 Å². The van der Waals surface area contributed by atoms with Crippen LogP contribution in [-0.4, -0.2) is 43.8 Å². The standard InChI is InChI=1S/C12H17NO4S/c1-2-17-10-5-3-9(4-6-10)13-11-7-18(15,16)8-12(11)14/h3-6,11-14H,2,7-8H2,1H3. The molecule has 1 saturated heterocycles. The second-order valence-corrected chi connectivity index (χ2v) is 6.51. The molecule has 1 fully saturated rings. The fourth-order valence-corrected chi connectivity index (χ4v) is 3.74. The molecule has 2 N–H and O–H groups in total. The SMILES string of the molecule is CCOc1ccc(NC2CS(=O)(=O)CC2O)cc1. The second kappa shape index (κ2) is 5.16. The molecule has 0 aromatic heterocycles. The molecule has 100 valence electrons. The summed E-state index contributed by atoms with van der Waals surface area (Å²) in [5, 5.41) is 12.7. The molecule has 1 heterocycles. The Morgan fingerprint density at radius 3 is 2.50 bits per heavy atom. The lowest BCUT2D eigenvalue weighted by Crippen LogP contribution is -2.31. The van der Waals surface area contributed by atoms with E-state index >= 15 is 0 Å². The molecule has 1 aliphatic rings. The van der Waals surface area contributed by atoms with Crippen molar-refractivity contribution in [3.8, 4) is 5.75 Å². The summed E-state index contributed by atoms with van der Waals surface area (Å²) in [6.07, 6.45) is -0.846. The van der Waals surface area contributed by atoms with Gasteiger partial charge in [-0.15, -0.1) is 0 Å². The summed E-state index contributed by atoms with van der Waals surface area (Å²) in [6, 6.07) is 6.79. The van der Waals surface area contributed by atoms with Crippen molar-refractivity contribution >= 4 is 15.5 Å². The summed E-state index contributed by atoms with van der Waals surface area (Å²) in [4.78, 5) is 0. The number of sulfone groups is 1. The third kappa shape index (κ3) is 3.14. The van der Waals surface area contributed by atoms with Gasteiger partial charge in [0.1, 0.15) is 5.75 Å². The number of aliphatic hydroxyl groups is 1. The van der Waals surface area contributed by atoms with Gasteiger partial charge in [0, 0.05) is 5.69 Å². The third-order valence-corrected chi connectivity index (χ3v) is 4.56. The summed E-state index contributed by atoms with van der Waals surface area (Å²) in [7, 11) is -3.12. The molecule has 18 heavy (non-hydrogen) atoms. The van der Waals surface area contributed by atoms with Crippen molar-refractivity contribution in [3.05, 3.63) is 24.3 Å². The third-order valence-electron chi connectivity index (χ3n) is 2.84. The first-order chi connectivity index (χ1) is 8.50. The highest BCUT2D eigenvalue weighted by molar-refractivity contribution is 7.91. The van der Waals surface area contributed by atoms with Crippen LogP contribution < -0.4 is 10.1 Å². The number of ether oxygens (including phenoxy) is 1. The Morgan fingerprint density at radius 1 is 1.33 bits per heavy atom. The zero-order valence-electron chi connectivity index (χ0n) is 10.2. The highest BCUT2D eigenvalue weighted by Gasteiger charge is 2.36. The van der Waals surface area contributed by atoms with Gasteiger partial charge in [0.15, 0.2) is 9.84 Å². The molecule has 0 bridgehead atoms. The first-order valence-corrected chi connectivity index (χ1v) is 7.70. The highest BCUT2D eigenvalue weighted by atomic mass is 32.2. The fourth-order valence-electron chi connectivity index (χ4n) is 2.00. The number of anilines is 1. The molecule has 1 aromatic rings. The van der Waals surface area contributed by atoms with Crippen LogP contribution in [0.3, 0.4) is 0 Å². The van der Waals surface area contributed by atoms with Gasteiger partial charge in [-0.25, -0.2) is 8.42 Å². The lowest BCUT2D eigenvalue weighted by Gasteiger charge is -2.16. The van der Waals surface area contributed by atoms with Crippen LogP contribution in [0.25, 0.3) is 0 Å². The molecule has 0 amide bonds. The zero-order chi connectivity index (χ0) is 13.2. The minimum atomic E-state index is -3.12. The smallest absolute Gasteiger partial charge is 0.155 e. The number of rotatable bonds is 4. The minimum absolute atomic E-state index is 0.0264. The molecule has 1 aromatic carbocycles. The van der Waals surface area contributed by atoms with E-state index in [0.29, 0.717) is 6.61 Å². The normalized spacial score (nSPS) is 25.9. The van der Waals surface area contributed by atoms with E-state index in [1.54, 1.807) is 0 Å². The summed E-state index contributed by atoms with van der Waals surface area (Å²) >= 11 is 0. The van der Waals surface area contributed by atoms with Crippen molar-refractivity contribution in [2.75, 3.05) is 23.4 Å². The van der Waals surface area contributed by atoms with Gasteiger partial charge in [0.05, 0.1) is 30.3 Å². The number of hydrogen-bond acceptors (Lipinski definition) is 5. The Kier molecular flexibility index (Phi) is 3.77. The lowest BCUT2D eigenvalue weighted by atomic mass is 10.2. The minimum Gasteiger partial charge on any atom is -0.494 e. The van der Waals surface area contributed by atoms with Gasteiger partial charge in [0.2, 0.25) is 0 Å². The van der Waals surface area contributed by atoms with E-state index in [1.165, 1.54) is 0 Å². The summed E-state index contributed by atoms with van der Waals surface area (Å²) in [5.74, 6) is 0.575. The van der Waals surface area contributed by atoms with Crippen molar-refractivity contribution in [3.63, 3.8) is 0 Å². The van der Waals surface area contributed by atoms with Gasteiger partial charge in [-0.3, -0.25) is 0 Å². The highest BCUT2D eigenvalue weighted by Crippen LogP contribution is 2.20. The van der Waals surface area contributed by atoms with Crippen LogP contribution in [0.15, 0.2) is 24.3 Å². The molecule has 0 radical (unpaired) electrons. The van der Waals surface area contributed by atoms with Crippen molar-refractivity contribution < 1.29 is 18.3 Å². The van der Waals surface area contributed by atoms with Crippen LogP contribution >= 0.6 is 0 Å². The molecule has 0 saturated carbocycles. The quantitative estimate of drug-likeness (QED) is 0.841. The number of aliphatic hydroxyl groups excluding tert-OH is 1. The molecule has 2 atom stereocenters. The predicted octanol–water partition coefficient (Wildman–Crippen LogP) is 0.655. The van der Waals surface area contributed by atoms with Crippen molar-refractivity contribution in [2.45, 2.75) is 19.1 Å². The van der Waals surface area contributed by atoms with E-state index in [1.807, 2.05) is 31.2 Å². The van der Waals surface area contributed by atoms with Gasteiger partial charge in [-0.1, -0.05) is 0 Å². The molecule has 0 aliphatic carbocycles. The first kappa shape index (κ1) is 13.2. The van der Waals surface area contributed by atoms with Crippen molar-refractivity contribution in [1.29, 1.82) is 0 Å². The van der Waals surface area contributed by atoms with E-state index < -0.39 is 22.0 Å². The predicted molar refractivity (Wildman–Crippen MR) is 69.7 cm³/mol. The Morgan fingerprint density at radius 2 is 2.00 bits per heavy atom. The van der Waals surface area contributed by atoms with E-state index in [9.17, 15) is 13.5 Å². The number of hydrogen-bond donors (Lipinski definition) is 2. The monoisotopic (exact) mass is 271 g/mol. The van der Waals surface area contributed by atoms with Crippen molar-refractivity contribution in [2.24, 2.45) is 0 Å². The molecule has 2 unspecified atom stereocenters. The number of nitrogens with one attached hydrogen (secondary N) is 1. The van der Waals surface area contributed by atoms with Gasteiger partial charge in [-0.2, -0.15) is 0 Å². The maximum atomic E-state index is 11.4. The largest absolute Gasteiger partial charge is 0.494 e. The Labute approximate surface area is 107 Å². The maximum absolute atomic E-state index is 11.4. The summed E-state index contributed by atoms with van der Waals surface area (Å²) in [6.45, 7) is 2.51. The summed E-state index contributed by atoms with van der Waals surface area (Å²) < 4.78 is 28.0. The fraction of sp³-hybridized carbons (Fsp3) is 0.500.